The van der Waals surface area contributed by atoms with E-state index in [-0.39, 0.29) is 6.17 Å². The van der Waals surface area contributed by atoms with E-state index in [9.17, 15) is 8.42 Å². The summed E-state index contributed by atoms with van der Waals surface area (Å²) in [6.45, 7) is 3.28. The Morgan fingerprint density at radius 1 is 1.19 bits per heavy atom. The molecule has 0 bridgehead atoms. The van der Waals surface area contributed by atoms with E-state index < -0.39 is 10.0 Å². The number of fused-ring (bicyclic) bond motifs is 2. The summed E-state index contributed by atoms with van der Waals surface area (Å²) >= 11 is 1.59. The van der Waals surface area contributed by atoms with Crippen molar-refractivity contribution in [3.8, 4) is 0 Å². The zero-order chi connectivity index (χ0) is 26.3. The number of thiazole rings is 1. The average molecular weight is 528 g/mol. The summed E-state index contributed by atoms with van der Waals surface area (Å²) in [5, 5.41) is 1.04. The minimum Gasteiger partial charge on any atom is -0.332 e. The lowest BCUT2D eigenvalue weighted by Gasteiger charge is -2.32. The van der Waals surface area contributed by atoms with Gasteiger partial charge in [-0.3, -0.25) is 0 Å². The number of nitrogens with zero attached hydrogens (tertiary/aromatic N) is 4. The predicted octanol–water partition coefficient (Wildman–Crippen LogP) is 3.62. The maximum atomic E-state index is 13.2. The van der Waals surface area contributed by atoms with Crippen LogP contribution in [0.5, 0.6) is 0 Å². The highest BCUT2D eigenvalue weighted by atomic mass is 32.2. The Balaban J connectivity index is 1.69. The lowest BCUT2D eigenvalue weighted by molar-refractivity contribution is -0.869. The minimum atomic E-state index is -3.56. The van der Waals surface area contributed by atoms with Crippen LogP contribution in [0.2, 0.25) is 0 Å². The second kappa shape index (κ2) is 10.1. The van der Waals surface area contributed by atoms with E-state index in [1.54, 1.807) is 30.5 Å². The largest absolute Gasteiger partial charge is 0.332 e. The molecule has 1 atom stereocenters. The molecule has 0 saturated heterocycles. The summed E-state index contributed by atoms with van der Waals surface area (Å²) in [5.74, 6) is 0. The van der Waals surface area contributed by atoms with Crippen molar-refractivity contribution in [1.29, 1.82) is 0 Å². The summed E-state index contributed by atoms with van der Waals surface area (Å²) in [7, 11) is 6.29. The number of hydrogen-bond donors (Lipinski definition) is 1. The molecule has 0 aliphatic carbocycles. The van der Waals surface area contributed by atoms with Crippen LogP contribution in [0.3, 0.4) is 0 Å². The van der Waals surface area contributed by atoms with E-state index in [1.165, 1.54) is 4.31 Å². The molecule has 36 heavy (non-hydrogen) atoms. The molecule has 9 heteroatoms. The number of aryl methyl sites for hydroxylation is 1. The van der Waals surface area contributed by atoms with Crippen LogP contribution in [0.1, 0.15) is 23.9 Å². The number of allylic oxidation sites excluding steroid dienone is 2. The maximum Gasteiger partial charge on any atom is 0.263 e. The Morgan fingerprint density at radius 2 is 1.92 bits per heavy atom. The van der Waals surface area contributed by atoms with Crippen LogP contribution in [0.15, 0.2) is 59.6 Å². The molecule has 0 saturated carbocycles. The van der Waals surface area contributed by atoms with Gasteiger partial charge >= 0.3 is 0 Å². The molecule has 4 rings (SSSR count). The molecule has 2 aromatic carbocycles. The number of nitrogens with two attached hydrogens (primary N) is 1. The van der Waals surface area contributed by atoms with E-state index in [0.717, 1.165) is 45.0 Å². The quantitative estimate of drug-likeness (QED) is 0.359. The standard InChI is InChI=1S/C27H37N5O2S2/c1-7-26(28)31-15-14-20(22-10-8-9-11-23(22)31)18-27-30(3)24-13-12-21(19-25(24)35-27)36(33,34)29(2)16-17-32(4,5)6/h8-15,18-19,26H,7,16-17,28H2,1-6H3/q+2. The highest BCUT2D eigenvalue weighted by Crippen LogP contribution is 2.36. The summed E-state index contributed by atoms with van der Waals surface area (Å²) in [6, 6.07) is 13.7. The van der Waals surface area contributed by atoms with Crippen LogP contribution in [0.4, 0.5) is 5.69 Å². The number of sulfonamides is 1. The van der Waals surface area contributed by atoms with E-state index >= 15 is 0 Å². The number of rotatable bonds is 8. The van der Waals surface area contributed by atoms with Crippen LogP contribution in [-0.4, -0.2) is 64.7 Å². The average Bonchev–Trinajstić information content (AvgIpc) is 3.16. The monoisotopic (exact) mass is 527 g/mol. The molecule has 2 N–H and O–H groups in total. The van der Waals surface area contributed by atoms with Gasteiger partial charge in [0.25, 0.3) is 5.01 Å². The number of quaternary nitrogens is 1. The van der Waals surface area contributed by atoms with Crippen molar-refractivity contribution >= 4 is 48.9 Å². The lowest BCUT2D eigenvalue weighted by Crippen LogP contribution is -2.42. The molecule has 0 amide bonds. The molecule has 1 unspecified atom stereocenters. The Morgan fingerprint density at radius 3 is 2.61 bits per heavy atom. The summed E-state index contributed by atoms with van der Waals surface area (Å²) in [6.07, 6.45) is 7.08. The number of benzene rings is 2. The van der Waals surface area contributed by atoms with Gasteiger partial charge in [0.2, 0.25) is 15.5 Å². The Labute approximate surface area is 219 Å². The smallest absolute Gasteiger partial charge is 0.263 e. The molecule has 1 aliphatic rings. The van der Waals surface area contributed by atoms with Crippen molar-refractivity contribution in [2.45, 2.75) is 24.4 Å². The van der Waals surface area contributed by atoms with Gasteiger partial charge in [-0.2, -0.15) is 8.87 Å². The lowest BCUT2D eigenvalue weighted by atomic mass is 9.99. The van der Waals surface area contributed by atoms with Gasteiger partial charge in [0.1, 0.15) is 11.7 Å². The van der Waals surface area contributed by atoms with Crippen LogP contribution >= 0.6 is 11.3 Å². The van der Waals surface area contributed by atoms with Gasteiger partial charge in [0.05, 0.1) is 45.3 Å². The van der Waals surface area contributed by atoms with Crippen molar-refractivity contribution in [3.05, 3.63) is 65.3 Å². The first kappa shape index (κ1) is 26.5. The zero-order valence-electron chi connectivity index (χ0n) is 22.0. The Bertz CT molecular complexity index is 1430. The molecule has 7 nitrogen and oxygen atoms in total. The van der Waals surface area contributed by atoms with Gasteiger partial charge in [-0.05, 0) is 36.3 Å². The molecular weight excluding hydrogens is 490 g/mol. The van der Waals surface area contributed by atoms with E-state index in [4.69, 9.17) is 5.73 Å². The Kier molecular flexibility index (Phi) is 7.41. The highest BCUT2D eigenvalue weighted by molar-refractivity contribution is 7.89. The van der Waals surface area contributed by atoms with Crippen LogP contribution < -0.4 is 15.2 Å². The van der Waals surface area contributed by atoms with Gasteiger partial charge < -0.3 is 15.1 Å². The molecule has 192 valence electrons. The third-order valence-electron chi connectivity index (χ3n) is 6.59. The summed E-state index contributed by atoms with van der Waals surface area (Å²) in [4.78, 5) is 2.44. The van der Waals surface area contributed by atoms with E-state index in [0.29, 0.717) is 15.9 Å². The first-order valence-corrected chi connectivity index (χ1v) is 14.4. The number of anilines is 1. The first-order valence-electron chi connectivity index (χ1n) is 12.1. The van der Waals surface area contributed by atoms with Gasteiger partial charge in [0, 0.05) is 36.6 Å². The fraction of sp³-hybridized carbons (Fsp3) is 0.370. The highest BCUT2D eigenvalue weighted by Gasteiger charge is 2.26. The van der Waals surface area contributed by atoms with Gasteiger partial charge in [-0.15, -0.1) is 0 Å². The topological polar surface area (TPSA) is 70.5 Å². The number of para-hydroxylation sites is 1. The van der Waals surface area contributed by atoms with Crippen molar-refractivity contribution < 1.29 is 17.5 Å². The second-order valence-electron chi connectivity index (χ2n) is 10.3. The molecule has 1 aliphatic heterocycles. The van der Waals surface area contributed by atoms with Gasteiger partial charge in [-0.1, -0.05) is 36.5 Å². The van der Waals surface area contributed by atoms with Crippen molar-refractivity contribution in [1.82, 2.24) is 4.31 Å². The predicted molar refractivity (Wildman–Crippen MR) is 150 cm³/mol. The number of aromatic nitrogens is 1. The fourth-order valence-electron chi connectivity index (χ4n) is 4.20. The third kappa shape index (κ3) is 5.26. The van der Waals surface area contributed by atoms with Crippen molar-refractivity contribution in [2.24, 2.45) is 12.8 Å². The zero-order valence-corrected chi connectivity index (χ0v) is 23.6. The van der Waals surface area contributed by atoms with Crippen LogP contribution in [0.25, 0.3) is 21.9 Å². The fourth-order valence-corrected chi connectivity index (χ4v) is 6.60. The van der Waals surface area contributed by atoms with Crippen LogP contribution in [0, 0.1) is 0 Å². The maximum absolute atomic E-state index is 13.2. The minimum absolute atomic E-state index is 0.0785. The number of hydrogen-bond acceptors (Lipinski definition) is 5. The van der Waals surface area contributed by atoms with E-state index in [1.807, 2.05) is 31.4 Å². The molecule has 1 aromatic heterocycles. The molecule has 0 spiro atoms. The summed E-state index contributed by atoms with van der Waals surface area (Å²) in [5.41, 5.74) is 10.7. The molecule has 3 aromatic rings. The number of likely N-dealkylation sites (N-methyl/N-ethyl adjacent to an activating group) is 2. The normalized spacial score (nSPS) is 16.2. The van der Waals surface area contributed by atoms with Gasteiger partial charge in [0.15, 0.2) is 0 Å². The summed E-state index contributed by atoms with van der Waals surface area (Å²) < 4.78 is 31.7. The first-order chi connectivity index (χ1) is 16.9. The van der Waals surface area contributed by atoms with E-state index in [2.05, 4.69) is 61.8 Å². The molecule has 2 heterocycles. The molecule has 0 radical (unpaired) electrons. The molecular formula is C27H37N5O2S2+2. The van der Waals surface area contributed by atoms with Crippen molar-refractivity contribution in [2.75, 3.05) is 46.2 Å². The van der Waals surface area contributed by atoms with Crippen LogP contribution in [-0.2, 0) is 17.1 Å². The molecule has 0 fully saturated rings. The van der Waals surface area contributed by atoms with Crippen molar-refractivity contribution in [3.63, 3.8) is 0 Å². The Hall–Kier alpha value is -2.56. The third-order valence-corrected chi connectivity index (χ3v) is 9.59. The second-order valence-corrected chi connectivity index (χ2v) is 13.4. The van der Waals surface area contributed by atoms with Gasteiger partial charge in [-0.25, -0.2) is 8.42 Å². The SMILES string of the molecule is CCC(N)N1C=C/C(=C\c2sc3cc(S(=O)(=O)N(C)CC[N+](C)(C)C)ccc3[n+]2C)c2ccccc21.